The van der Waals surface area contributed by atoms with Gasteiger partial charge in [-0.2, -0.15) is 18.3 Å². The average molecular weight is 580 g/mol. The van der Waals surface area contributed by atoms with Gasteiger partial charge in [0, 0.05) is 36.0 Å². The van der Waals surface area contributed by atoms with Crippen molar-refractivity contribution >= 4 is 16.7 Å². The molecule has 0 saturated heterocycles. The third kappa shape index (κ3) is 4.90. The number of nitrogens with zero attached hydrogens (tertiary/aromatic N) is 9. The highest BCUT2D eigenvalue weighted by molar-refractivity contribution is 5.77. The van der Waals surface area contributed by atoms with Crippen LogP contribution < -0.4 is 4.74 Å². The molecule has 12 nitrogen and oxygen atoms in total. The van der Waals surface area contributed by atoms with Crippen molar-refractivity contribution in [2.45, 2.75) is 51.4 Å². The summed E-state index contributed by atoms with van der Waals surface area (Å²) in [4.78, 5) is 33.2. The fraction of sp³-hybridized carbons (Fsp3) is 0.333. The molecule has 4 heterocycles. The Bertz CT molecular complexity index is 1830. The lowest BCUT2D eigenvalue weighted by Crippen LogP contribution is -2.07. The summed E-state index contributed by atoms with van der Waals surface area (Å²) in [5.41, 5.74) is 0.933. The SMILES string of the molecule is COc1ncnc(C2CC2)c1-c1ncc2cnn(Cc3ccc(-c4nc(C(F)(F)F)cn4C(C)C)cc3[N+](=O)[O-])c2n1. The van der Waals surface area contributed by atoms with Gasteiger partial charge in [-0.05, 0) is 32.8 Å². The summed E-state index contributed by atoms with van der Waals surface area (Å²) in [6.45, 7) is 3.39. The van der Waals surface area contributed by atoms with Gasteiger partial charge >= 0.3 is 6.18 Å². The van der Waals surface area contributed by atoms with E-state index in [1.165, 1.54) is 40.9 Å². The Hall–Kier alpha value is -4.95. The van der Waals surface area contributed by atoms with E-state index in [0.29, 0.717) is 28.3 Å². The molecule has 216 valence electrons. The van der Waals surface area contributed by atoms with Crippen LogP contribution in [0, 0.1) is 10.1 Å². The molecular weight excluding hydrogens is 555 g/mol. The van der Waals surface area contributed by atoms with Crippen molar-refractivity contribution < 1.29 is 22.8 Å². The van der Waals surface area contributed by atoms with E-state index in [0.717, 1.165) is 24.7 Å². The van der Waals surface area contributed by atoms with E-state index in [9.17, 15) is 23.3 Å². The molecule has 1 aliphatic rings. The quantitative estimate of drug-likeness (QED) is 0.170. The van der Waals surface area contributed by atoms with Gasteiger partial charge in [0.15, 0.2) is 17.2 Å². The number of aromatic nitrogens is 8. The standard InChI is InChI=1S/C27H24F3N9O3/c1-14(2)37-12-20(27(28,29)30)35-24(37)16-6-7-17(19(8-16)39(40)41)11-38-25-18(10-34-38)9-31-23(36-25)21-22(15-4-5-15)32-13-33-26(21)42-3/h6-10,12-15H,4-5,11H2,1-3H3. The molecule has 0 radical (unpaired) electrons. The number of alkyl halides is 3. The summed E-state index contributed by atoms with van der Waals surface area (Å²) >= 11 is 0. The Morgan fingerprint density at radius 1 is 1.14 bits per heavy atom. The lowest BCUT2D eigenvalue weighted by molar-refractivity contribution is -0.385. The van der Waals surface area contributed by atoms with Crippen LogP contribution in [0.15, 0.2) is 43.1 Å². The fourth-order valence-electron chi connectivity index (χ4n) is 4.82. The molecule has 5 aromatic rings. The van der Waals surface area contributed by atoms with Gasteiger partial charge in [0.05, 0.1) is 41.4 Å². The van der Waals surface area contributed by atoms with Crippen molar-refractivity contribution in [1.29, 1.82) is 0 Å². The Balaban J connectivity index is 1.40. The second-order valence-electron chi connectivity index (χ2n) is 10.2. The number of ether oxygens (including phenoxy) is 1. The van der Waals surface area contributed by atoms with Gasteiger partial charge in [0.1, 0.15) is 17.7 Å². The lowest BCUT2D eigenvalue weighted by atomic mass is 10.1. The second kappa shape index (κ2) is 10.2. The number of halogens is 3. The summed E-state index contributed by atoms with van der Waals surface area (Å²) in [6, 6.07) is 3.89. The topological polar surface area (TPSA) is 140 Å². The van der Waals surface area contributed by atoms with Crippen LogP contribution in [0.2, 0.25) is 0 Å². The smallest absolute Gasteiger partial charge is 0.434 e. The second-order valence-corrected chi connectivity index (χ2v) is 10.2. The maximum atomic E-state index is 13.4. The Morgan fingerprint density at radius 2 is 1.93 bits per heavy atom. The van der Waals surface area contributed by atoms with Crippen molar-refractivity contribution in [3.63, 3.8) is 0 Å². The molecule has 0 bridgehead atoms. The zero-order valence-electron chi connectivity index (χ0n) is 22.7. The molecule has 0 N–H and O–H groups in total. The van der Waals surface area contributed by atoms with Gasteiger partial charge < -0.3 is 9.30 Å². The minimum atomic E-state index is -4.65. The Kier molecular flexibility index (Phi) is 6.58. The molecular formula is C27H24F3N9O3. The molecule has 6 rings (SSSR count). The first-order valence-electron chi connectivity index (χ1n) is 13.1. The van der Waals surface area contributed by atoms with Crippen LogP contribution in [0.1, 0.15) is 55.6 Å². The number of fused-ring (bicyclic) bond motifs is 1. The molecule has 1 aromatic carbocycles. The van der Waals surface area contributed by atoms with Crippen molar-refractivity contribution in [2.24, 2.45) is 0 Å². The highest BCUT2D eigenvalue weighted by Crippen LogP contribution is 2.45. The zero-order valence-corrected chi connectivity index (χ0v) is 22.7. The van der Waals surface area contributed by atoms with Gasteiger partial charge in [-0.15, -0.1) is 0 Å². The predicted octanol–water partition coefficient (Wildman–Crippen LogP) is 5.59. The van der Waals surface area contributed by atoms with E-state index in [1.807, 2.05) is 0 Å². The number of benzene rings is 1. The number of hydrogen-bond donors (Lipinski definition) is 0. The van der Waals surface area contributed by atoms with E-state index in [4.69, 9.17) is 9.72 Å². The number of rotatable bonds is 8. The first-order chi connectivity index (χ1) is 20.0. The van der Waals surface area contributed by atoms with Crippen LogP contribution in [0.5, 0.6) is 5.88 Å². The maximum Gasteiger partial charge on any atom is 0.434 e. The van der Waals surface area contributed by atoms with Gasteiger partial charge in [0.25, 0.3) is 5.69 Å². The van der Waals surface area contributed by atoms with Crippen LogP contribution in [-0.4, -0.2) is 51.3 Å². The number of imidazole rings is 1. The first-order valence-corrected chi connectivity index (χ1v) is 13.1. The summed E-state index contributed by atoms with van der Waals surface area (Å²) in [5, 5.41) is 17.1. The molecule has 1 fully saturated rings. The molecule has 15 heteroatoms. The molecule has 0 amide bonds. The van der Waals surface area contributed by atoms with Crippen molar-refractivity contribution in [3.8, 4) is 28.7 Å². The highest BCUT2D eigenvalue weighted by Gasteiger charge is 2.36. The van der Waals surface area contributed by atoms with Gasteiger partial charge in [-0.1, -0.05) is 6.07 Å². The van der Waals surface area contributed by atoms with Crippen LogP contribution in [0.3, 0.4) is 0 Å². The van der Waals surface area contributed by atoms with Crippen molar-refractivity contribution in [3.05, 3.63) is 70.2 Å². The van der Waals surface area contributed by atoms with Gasteiger partial charge in [-0.25, -0.2) is 29.6 Å². The van der Waals surface area contributed by atoms with E-state index < -0.39 is 16.8 Å². The predicted molar refractivity (Wildman–Crippen MR) is 144 cm³/mol. The van der Waals surface area contributed by atoms with E-state index in [2.05, 4.69) is 25.0 Å². The highest BCUT2D eigenvalue weighted by atomic mass is 19.4. The minimum Gasteiger partial charge on any atom is -0.480 e. The average Bonchev–Trinajstić information content (AvgIpc) is 3.57. The molecule has 1 saturated carbocycles. The fourth-order valence-corrected chi connectivity index (χ4v) is 4.82. The Morgan fingerprint density at radius 3 is 2.60 bits per heavy atom. The summed E-state index contributed by atoms with van der Waals surface area (Å²) in [6.07, 6.45) is 2.83. The monoisotopic (exact) mass is 579 g/mol. The molecule has 1 aliphatic carbocycles. The van der Waals surface area contributed by atoms with Crippen LogP contribution in [0.25, 0.3) is 33.8 Å². The van der Waals surface area contributed by atoms with Gasteiger partial charge in [-0.3, -0.25) is 10.1 Å². The van der Waals surface area contributed by atoms with Gasteiger partial charge in [0.2, 0.25) is 5.88 Å². The molecule has 0 atom stereocenters. The molecule has 0 spiro atoms. The maximum absolute atomic E-state index is 13.4. The third-order valence-electron chi connectivity index (χ3n) is 7.04. The molecule has 0 unspecified atom stereocenters. The van der Waals surface area contributed by atoms with Crippen LogP contribution >= 0.6 is 0 Å². The number of hydrogen-bond acceptors (Lipinski definition) is 9. The third-order valence-corrected chi connectivity index (χ3v) is 7.04. The van der Waals surface area contributed by atoms with E-state index in [-0.39, 0.29) is 41.1 Å². The number of nitro benzene ring substituents is 1. The zero-order chi connectivity index (χ0) is 29.8. The normalized spacial score (nSPS) is 13.7. The Labute approximate surface area is 236 Å². The summed E-state index contributed by atoms with van der Waals surface area (Å²) in [7, 11) is 1.51. The summed E-state index contributed by atoms with van der Waals surface area (Å²) in [5.74, 6) is 0.937. The largest absolute Gasteiger partial charge is 0.480 e. The molecule has 4 aromatic heterocycles. The van der Waals surface area contributed by atoms with E-state index >= 15 is 0 Å². The van der Waals surface area contributed by atoms with Crippen LogP contribution in [-0.2, 0) is 12.7 Å². The van der Waals surface area contributed by atoms with Crippen LogP contribution in [0.4, 0.5) is 18.9 Å². The summed E-state index contributed by atoms with van der Waals surface area (Å²) < 4.78 is 48.5. The van der Waals surface area contributed by atoms with Crippen molar-refractivity contribution in [1.82, 2.24) is 39.3 Å². The van der Waals surface area contributed by atoms with E-state index in [1.54, 1.807) is 26.2 Å². The lowest BCUT2D eigenvalue weighted by Gasteiger charge is -2.12. The number of nitro groups is 1. The van der Waals surface area contributed by atoms with Crippen molar-refractivity contribution in [2.75, 3.05) is 7.11 Å². The number of methoxy groups -OCH3 is 1. The molecule has 42 heavy (non-hydrogen) atoms. The minimum absolute atomic E-state index is 0.0145. The first kappa shape index (κ1) is 27.2. The molecule has 0 aliphatic heterocycles.